The van der Waals surface area contributed by atoms with E-state index in [4.69, 9.17) is 9.72 Å². The molecule has 1 fully saturated rings. The number of nitrogens with zero attached hydrogens (tertiary/aromatic N) is 2. The molecule has 2 atom stereocenters. The molecule has 0 spiro atoms. The number of carbonyl (C=O) groups excluding carboxylic acids is 1. The fraction of sp³-hybridized carbons (Fsp3) is 0.348. The van der Waals surface area contributed by atoms with Crippen molar-refractivity contribution < 1.29 is 9.53 Å². The first kappa shape index (κ1) is 18.4. The number of fused-ring (bicyclic) bond motifs is 1. The van der Waals surface area contributed by atoms with Crippen LogP contribution in [0.3, 0.4) is 0 Å². The summed E-state index contributed by atoms with van der Waals surface area (Å²) in [5.41, 5.74) is 0.733. The van der Waals surface area contributed by atoms with Crippen molar-refractivity contribution in [2.45, 2.75) is 50.7 Å². The highest BCUT2D eigenvalue weighted by atomic mass is 16.5. The Morgan fingerprint density at radius 1 is 1.07 bits per heavy atom. The molecule has 0 aliphatic heterocycles. The summed E-state index contributed by atoms with van der Waals surface area (Å²) < 4.78 is 7.97. The van der Waals surface area contributed by atoms with Gasteiger partial charge in [0, 0.05) is 25.3 Å². The monoisotopic (exact) mass is 376 g/mol. The first-order valence-electron chi connectivity index (χ1n) is 9.92. The number of aldehydes is 1. The van der Waals surface area contributed by atoms with Crippen LogP contribution in [0.25, 0.3) is 10.9 Å². The standard InChI is InChI=1S/C23H24N2O3/c26-15-7-6-12-22-24-21-11-5-4-10-20(21)23(27)25(22)17-13-14-19(16-17)28-18-8-2-1-3-9-18/h1-5,8-11,15,17,19H,6-7,12-14,16H2/t17-,19-/m0/s1. The van der Waals surface area contributed by atoms with Crippen LogP contribution in [0, 0.1) is 0 Å². The van der Waals surface area contributed by atoms with Gasteiger partial charge in [0.25, 0.3) is 5.56 Å². The van der Waals surface area contributed by atoms with E-state index in [1.54, 1.807) is 0 Å². The second-order valence-corrected chi connectivity index (χ2v) is 7.30. The van der Waals surface area contributed by atoms with Gasteiger partial charge in [-0.2, -0.15) is 0 Å². The fourth-order valence-electron chi connectivity index (χ4n) is 4.04. The van der Waals surface area contributed by atoms with E-state index in [2.05, 4.69) is 0 Å². The Bertz CT molecular complexity index is 1010. The van der Waals surface area contributed by atoms with E-state index in [1.807, 2.05) is 59.2 Å². The van der Waals surface area contributed by atoms with Crippen LogP contribution in [0.1, 0.15) is 44.0 Å². The van der Waals surface area contributed by atoms with Crippen molar-refractivity contribution in [3.63, 3.8) is 0 Å². The second-order valence-electron chi connectivity index (χ2n) is 7.30. The van der Waals surface area contributed by atoms with Gasteiger partial charge in [0.1, 0.15) is 24.0 Å². The first-order valence-corrected chi connectivity index (χ1v) is 9.92. The topological polar surface area (TPSA) is 61.2 Å². The van der Waals surface area contributed by atoms with Gasteiger partial charge in [-0.1, -0.05) is 30.3 Å². The molecule has 1 heterocycles. The largest absolute Gasteiger partial charge is 0.490 e. The Hall–Kier alpha value is -2.95. The summed E-state index contributed by atoms with van der Waals surface area (Å²) >= 11 is 0. The normalized spacial score (nSPS) is 19.0. The van der Waals surface area contributed by atoms with Crippen molar-refractivity contribution >= 4 is 17.2 Å². The number of para-hydroxylation sites is 2. The number of ether oxygens (including phenoxy) is 1. The van der Waals surface area contributed by atoms with Crippen molar-refractivity contribution in [3.8, 4) is 5.75 Å². The highest BCUT2D eigenvalue weighted by molar-refractivity contribution is 5.77. The molecule has 0 saturated heterocycles. The second kappa shape index (κ2) is 8.38. The lowest BCUT2D eigenvalue weighted by atomic mass is 10.1. The predicted molar refractivity (Wildman–Crippen MR) is 109 cm³/mol. The SMILES string of the molecule is O=CCCCc1nc2ccccc2c(=O)n1[C@H]1CC[C@H](Oc2ccccc2)C1. The predicted octanol–water partition coefficient (Wildman–Crippen LogP) is 4.09. The van der Waals surface area contributed by atoms with Gasteiger partial charge in [-0.05, 0) is 43.5 Å². The average molecular weight is 376 g/mol. The van der Waals surface area contributed by atoms with Crippen LogP contribution in [0.4, 0.5) is 0 Å². The molecular weight excluding hydrogens is 352 g/mol. The van der Waals surface area contributed by atoms with Gasteiger partial charge in [0.05, 0.1) is 10.9 Å². The summed E-state index contributed by atoms with van der Waals surface area (Å²) in [6.45, 7) is 0. The summed E-state index contributed by atoms with van der Waals surface area (Å²) in [4.78, 5) is 28.7. The highest BCUT2D eigenvalue weighted by Gasteiger charge is 2.30. The summed E-state index contributed by atoms with van der Waals surface area (Å²) in [5, 5.41) is 0.647. The van der Waals surface area contributed by atoms with Gasteiger partial charge in [-0.15, -0.1) is 0 Å². The minimum absolute atomic E-state index is 0.0112. The van der Waals surface area contributed by atoms with Crippen molar-refractivity contribution in [2.75, 3.05) is 0 Å². The number of aryl methyl sites for hydroxylation is 1. The molecule has 0 unspecified atom stereocenters. The van der Waals surface area contributed by atoms with Crippen LogP contribution in [-0.2, 0) is 11.2 Å². The number of carbonyl (C=O) groups is 1. The zero-order chi connectivity index (χ0) is 19.3. The molecule has 0 amide bonds. The Kier molecular flexibility index (Phi) is 5.51. The molecule has 1 aliphatic rings. The van der Waals surface area contributed by atoms with Gasteiger partial charge in [-0.25, -0.2) is 4.98 Å². The molecule has 1 aromatic heterocycles. The quantitative estimate of drug-likeness (QED) is 0.460. The molecular formula is C23H24N2O3. The van der Waals surface area contributed by atoms with E-state index in [1.165, 1.54) is 0 Å². The van der Waals surface area contributed by atoms with E-state index < -0.39 is 0 Å². The molecule has 1 aliphatic carbocycles. The number of benzene rings is 2. The van der Waals surface area contributed by atoms with Gasteiger partial charge >= 0.3 is 0 Å². The van der Waals surface area contributed by atoms with Crippen LogP contribution < -0.4 is 10.3 Å². The Labute approximate surface area is 164 Å². The highest BCUT2D eigenvalue weighted by Crippen LogP contribution is 2.33. The molecule has 0 radical (unpaired) electrons. The number of unbranched alkanes of at least 4 members (excludes halogenated alkanes) is 1. The summed E-state index contributed by atoms with van der Waals surface area (Å²) in [5.74, 6) is 1.64. The molecule has 0 N–H and O–H groups in total. The van der Waals surface area contributed by atoms with Gasteiger partial charge < -0.3 is 9.53 Å². The number of hydrogen-bond acceptors (Lipinski definition) is 4. The third-order valence-corrected chi connectivity index (χ3v) is 5.37. The lowest BCUT2D eigenvalue weighted by Crippen LogP contribution is -2.29. The van der Waals surface area contributed by atoms with Gasteiger partial charge in [0.2, 0.25) is 0 Å². The number of aromatic nitrogens is 2. The first-order chi connectivity index (χ1) is 13.8. The Morgan fingerprint density at radius 3 is 2.68 bits per heavy atom. The zero-order valence-electron chi connectivity index (χ0n) is 15.8. The number of hydrogen-bond donors (Lipinski definition) is 0. The summed E-state index contributed by atoms with van der Waals surface area (Å²) in [6, 6.07) is 17.4. The van der Waals surface area contributed by atoms with Crippen molar-refractivity contribution in [1.29, 1.82) is 0 Å². The Morgan fingerprint density at radius 2 is 1.86 bits per heavy atom. The lowest BCUT2D eigenvalue weighted by molar-refractivity contribution is -0.107. The van der Waals surface area contributed by atoms with Crippen LogP contribution in [0.5, 0.6) is 5.75 Å². The molecule has 5 nitrogen and oxygen atoms in total. The molecule has 1 saturated carbocycles. The van der Waals surface area contributed by atoms with Gasteiger partial charge in [0.15, 0.2) is 0 Å². The Balaban J connectivity index is 1.63. The zero-order valence-corrected chi connectivity index (χ0v) is 15.8. The van der Waals surface area contributed by atoms with E-state index in [-0.39, 0.29) is 17.7 Å². The van der Waals surface area contributed by atoms with Crippen LogP contribution in [-0.4, -0.2) is 21.9 Å². The van der Waals surface area contributed by atoms with Crippen LogP contribution in [0.2, 0.25) is 0 Å². The minimum Gasteiger partial charge on any atom is -0.490 e. The average Bonchev–Trinajstić information content (AvgIpc) is 3.17. The summed E-state index contributed by atoms with van der Waals surface area (Å²) in [7, 11) is 0. The molecule has 144 valence electrons. The van der Waals surface area contributed by atoms with E-state index in [9.17, 15) is 9.59 Å². The molecule has 0 bridgehead atoms. The molecule has 28 heavy (non-hydrogen) atoms. The van der Waals surface area contributed by atoms with Crippen molar-refractivity contribution in [1.82, 2.24) is 9.55 Å². The summed E-state index contributed by atoms with van der Waals surface area (Å²) in [6.07, 6.45) is 5.40. The van der Waals surface area contributed by atoms with Gasteiger partial charge in [-0.3, -0.25) is 9.36 Å². The van der Waals surface area contributed by atoms with Crippen LogP contribution >= 0.6 is 0 Å². The van der Waals surface area contributed by atoms with Crippen molar-refractivity contribution in [2.24, 2.45) is 0 Å². The molecule has 3 aromatic rings. The third kappa shape index (κ3) is 3.84. The van der Waals surface area contributed by atoms with Crippen molar-refractivity contribution in [3.05, 3.63) is 70.8 Å². The smallest absolute Gasteiger partial charge is 0.261 e. The molecule has 4 rings (SSSR count). The molecule has 5 heteroatoms. The molecule has 2 aromatic carbocycles. The van der Waals surface area contributed by atoms with Crippen LogP contribution in [0.15, 0.2) is 59.4 Å². The fourth-order valence-corrected chi connectivity index (χ4v) is 4.04. The third-order valence-electron chi connectivity index (χ3n) is 5.37. The van der Waals surface area contributed by atoms with E-state index in [0.29, 0.717) is 24.6 Å². The maximum atomic E-state index is 13.2. The maximum absolute atomic E-state index is 13.2. The van der Waals surface area contributed by atoms with E-state index in [0.717, 1.165) is 42.6 Å². The minimum atomic E-state index is 0.0112. The maximum Gasteiger partial charge on any atom is 0.261 e. The van der Waals surface area contributed by atoms with E-state index >= 15 is 0 Å². The number of rotatable bonds is 7. The lowest BCUT2D eigenvalue weighted by Gasteiger charge is -2.20.